The lowest BCUT2D eigenvalue weighted by molar-refractivity contribution is -0.139. The third kappa shape index (κ3) is 2.14. The highest BCUT2D eigenvalue weighted by atomic mass is 16.4. The van der Waals surface area contributed by atoms with Crippen LogP contribution in [0.15, 0.2) is 30.5 Å². The lowest BCUT2D eigenvalue weighted by atomic mass is 9.99. The SMILES string of the molecule is Cc1cccc(-c2cn3c(n2)C(C(=O)O)CCC3)c1. The van der Waals surface area contributed by atoms with Gasteiger partial charge in [-0.05, 0) is 25.8 Å². The number of fused-ring (bicyclic) bond motifs is 1. The van der Waals surface area contributed by atoms with E-state index in [4.69, 9.17) is 0 Å². The van der Waals surface area contributed by atoms with Gasteiger partial charge in [0.05, 0.1) is 5.69 Å². The van der Waals surface area contributed by atoms with Crippen LogP contribution >= 0.6 is 0 Å². The fourth-order valence-corrected chi connectivity index (χ4v) is 2.66. The zero-order valence-corrected chi connectivity index (χ0v) is 10.8. The van der Waals surface area contributed by atoms with Crippen molar-refractivity contribution in [1.82, 2.24) is 9.55 Å². The molecular formula is C15H16N2O2. The number of hydrogen-bond donors (Lipinski definition) is 1. The monoisotopic (exact) mass is 256 g/mol. The highest BCUT2D eigenvalue weighted by molar-refractivity contribution is 5.75. The molecule has 0 bridgehead atoms. The molecule has 1 aromatic heterocycles. The van der Waals surface area contributed by atoms with Gasteiger partial charge in [0.25, 0.3) is 0 Å². The molecule has 19 heavy (non-hydrogen) atoms. The first-order valence-electron chi connectivity index (χ1n) is 6.52. The Morgan fingerprint density at radius 2 is 2.32 bits per heavy atom. The fourth-order valence-electron chi connectivity index (χ4n) is 2.66. The van der Waals surface area contributed by atoms with Crippen molar-refractivity contribution in [3.8, 4) is 11.3 Å². The number of aliphatic carboxylic acids is 1. The Balaban J connectivity index is 2.04. The van der Waals surface area contributed by atoms with E-state index in [0.717, 1.165) is 24.2 Å². The number of rotatable bonds is 2. The van der Waals surface area contributed by atoms with Crippen LogP contribution in [0.5, 0.6) is 0 Å². The molecule has 1 unspecified atom stereocenters. The number of aromatic nitrogens is 2. The molecule has 4 nitrogen and oxygen atoms in total. The average Bonchev–Trinajstić information content (AvgIpc) is 2.82. The Morgan fingerprint density at radius 3 is 3.05 bits per heavy atom. The van der Waals surface area contributed by atoms with Crippen molar-refractivity contribution in [3.63, 3.8) is 0 Å². The van der Waals surface area contributed by atoms with Crippen LogP contribution in [0.25, 0.3) is 11.3 Å². The van der Waals surface area contributed by atoms with Gasteiger partial charge in [-0.1, -0.05) is 23.8 Å². The third-order valence-electron chi connectivity index (χ3n) is 3.62. The Hall–Kier alpha value is -2.10. The minimum absolute atomic E-state index is 0.465. The molecule has 0 saturated carbocycles. The van der Waals surface area contributed by atoms with Gasteiger partial charge in [-0.2, -0.15) is 0 Å². The molecule has 2 aromatic rings. The van der Waals surface area contributed by atoms with Gasteiger partial charge >= 0.3 is 5.97 Å². The topological polar surface area (TPSA) is 55.1 Å². The van der Waals surface area contributed by atoms with Crippen LogP contribution in [-0.4, -0.2) is 20.6 Å². The molecule has 2 heterocycles. The first-order valence-corrected chi connectivity index (χ1v) is 6.52. The molecule has 1 aliphatic rings. The van der Waals surface area contributed by atoms with Crippen molar-refractivity contribution in [2.75, 3.05) is 0 Å². The summed E-state index contributed by atoms with van der Waals surface area (Å²) in [5.41, 5.74) is 3.09. The number of nitrogens with zero attached hydrogens (tertiary/aromatic N) is 2. The standard InChI is InChI=1S/C15H16N2O2/c1-10-4-2-5-11(8-10)13-9-17-7-3-6-12(15(18)19)14(17)16-13/h2,4-5,8-9,12H,3,6-7H2,1H3,(H,18,19). The molecule has 0 spiro atoms. The Morgan fingerprint density at radius 1 is 1.47 bits per heavy atom. The summed E-state index contributed by atoms with van der Waals surface area (Å²) in [6, 6.07) is 8.12. The first kappa shape index (κ1) is 12.0. The largest absolute Gasteiger partial charge is 0.481 e. The van der Waals surface area contributed by atoms with Crippen molar-refractivity contribution in [2.24, 2.45) is 0 Å². The summed E-state index contributed by atoms with van der Waals surface area (Å²) in [5, 5.41) is 9.26. The zero-order valence-electron chi connectivity index (χ0n) is 10.8. The van der Waals surface area contributed by atoms with E-state index in [2.05, 4.69) is 11.1 Å². The van der Waals surface area contributed by atoms with Crippen molar-refractivity contribution in [1.29, 1.82) is 0 Å². The molecular weight excluding hydrogens is 240 g/mol. The molecule has 1 atom stereocenters. The lowest BCUT2D eigenvalue weighted by Crippen LogP contribution is -2.21. The minimum Gasteiger partial charge on any atom is -0.481 e. The highest BCUT2D eigenvalue weighted by Crippen LogP contribution is 2.30. The molecule has 3 rings (SSSR count). The van der Waals surface area contributed by atoms with E-state index in [1.54, 1.807) is 0 Å². The molecule has 0 fully saturated rings. The van der Waals surface area contributed by atoms with Crippen molar-refractivity contribution in [3.05, 3.63) is 41.9 Å². The van der Waals surface area contributed by atoms with Crippen LogP contribution in [-0.2, 0) is 11.3 Å². The van der Waals surface area contributed by atoms with Gasteiger partial charge in [-0.3, -0.25) is 4.79 Å². The third-order valence-corrected chi connectivity index (χ3v) is 3.62. The second-order valence-electron chi connectivity index (χ2n) is 5.08. The van der Waals surface area contributed by atoms with Gasteiger partial charge in [0.15, 0.2) is 0 Å². The molecule has 0 saturated heterocycles. The summed E-state index contributed by atoms with van der Waals surface area (Å²) in [6.45, 7) is 2.90. The number of carboxylic acids is 1. The van der Waals surface area contributed by atoms with Crippen LogP contribution in [0, 0.1) is 6.92 Å². The van der Waals surface area contributed by atoms with E-state index in [9.17, 15) is 9.90 Å². The van der Waals surface area contributed by atoms with E-state index < -0.39 is 11.9 Å². The quantitative estimate of drug-likeness (QED) is 0.898. The van der Waals surface area contributed by atoms with E-state index in [1.807, 2.05) is 35.9 Å². The first-order chi connectivity index (χ1) is 9.15. The van der Waals surface area contributed by atoms with Crippen molar-refractivity contribution in [2.45, 2.75) is 32.2 Å². The van der Waals surface area contributed by atoms with Gasteiger partial charge in [-0.25, -0.2) is 4.98 Å². The van der Waals surface area contributed by atoms with E-state index in [-0.39, 0.29) is 0 Å². The second kappa shape index (κ2) is 4.53. The maximum atomic E-state index is 11.3. The summed E-state index contributed by atoms with van der Waals surface area (Å²) in [4.78, 5) is 15.8. The van der Waals surface area contributed by atoms with Crippen LogP contribution in [0.2, 0.25) is 0 Å². The predicted octanol–water partition coefficient (Wildman–Crippen LogP) is 2.82. The lowest BCUT2D eigenvalue weighted by Gasteiger charge is -2.19. The van der Waals surface area contributed by atoms with E-state index in [0.29, 0.717) is 12.2 Å². The Bertz CT molecular complexity index is 631. The number of carbonyl (C=O) groups is 1. The summed E-state index contributed by atoms with van der Waals surface area (Å²) >= 11 is 0. The van der Waals surface area contributed by atoms with Crippen LogP contribution in [0.4, 0.5) is 0 Å². The normalized spacial score (nSPS) is 18.1. The maximum absolute atomic E-state index is 11.3. The van der Waals surface area contributed by atoms with Gasteiger partial charge < -0.3 is 9.67 Å². The summed E-state index contributed by atoms with van der Waals surface area (Å²) in [5.74, 6) is -0.551. The van der Waals surface area contributed by atoms with Crippen molar-refractivity contribution >= 4 is 5.97 Å². The van der Waals surface area contributed by atoms with Gasteiger partial charge in [-0.15, -0.1) is 0 Å². The number of aryl methyl sites for hydroxylation is 2. The predicted molar refractivity (Wildman–Crippen MR) is 72.0 cm³/mol. The molecule has 1 N–H and O–H groups in total. The van der Waals surface area contributed by atoms with Gasteiger partial charge in [0.2, 0.25) is 0 Å². The molecule has 1 aromatic carbocycles. The van der Waals surface area contributed by atoms with E-state index >= 15 is 0 Å². The minimum atomic E-state index is -0.776. The molecule has 0 radical (unpaired) electrons. The van der Waals surface area contributed by atoms with Crippen molar-refractivity contribution < 1.29 is 9.90 Å². The Kier molecular flexibility index (Phi) is 2.85. The highest BCUT2D eigenvalue weighted by Gasteiger charge is 2.28. The average molecular weight is 256 g/mol. The number of benzene rings is 1. The Labute approximate surface area is 111 Å². The molecule has 4 heteroatoms. The van der Waals surface area contributed by atoms with Gasteiger partial charge in [0.1, 0.15) is 11.7 Å². The van der Waals surface area contributed by atoms with Crippen LogP contribution < -0.4 is 0 Å². The van der Waals surface area contributed by atoms with Crippen LogP contribution in [0.3, 0.4) is 0 Å². The number of hydrogen-bond acceptors (Lipinski definition) is 2. The summed E-state index contributed by atoms with van der Waals surface area (Å²) in [6.07, 6.45) is 3.55. The molecule has 98 valence electrons. The maximum Gasteiger partial charge on any atom is 0.314 e. The molecule has 1 aliphatic heterocycles. The second-order valence-corrected chi connectivity index (χ2v) is 5.08. The van der Waals surface area contributed by atoms with E-state index in [1.165, 1.54) is 5.56 Å². The summed E-state index contributed by atoms with van der Waals surface area (Å²) < 4.78 is 1.99. The van der Waals surface area contributed by atoms with Gasteiger partial charge in [0, 0.05) is 18.3 Å². The zero-order chi connectivity index (χ0) is 13.4. The molecule has 0 amide bonds. The number of imidazole rings is 1. The summed E-state index contributed by atoms with van der Waals surface area (Å²) in [7, 11) is 0. The van der Waals surface area contributed by atoms with Crippen LogP contribution in [0.1, 0.15) is 30.1 Å². The fraction of sp³-hybridized carbons (Fsp3) is 0.333. The number of carboxylic acid groups (broad SMARTS) is 1. The smallest absolute Gasteiger partial charge is 0.314 e. The molecule has 0 aliphatic carbocycles.